The number of fused-ring (bicyclic) bond motifs is 2. The molecule has 0 radical (unpaired) electrons. The smallest absolute Gasteiger partial charge is 0.301 e. The molecule has 4 bridgehead atoms. The predicted molar refractivity (Wildman–Crippen MR) is 289 cm³/mol. The quantitative estimate of drug-likeness (QED) is 0.0757. The third-order valence-electron chi connectivity index (χ3n) is 15.3. The second-order valence-electron chi connectivity index (χ2n) is 20.6. The Morgan fingerprint density at radius 3 is 1.68 bits per heavy atom. The molecule has 1 N–H and O–H groups in total. The Morgan fingerprint density at radius 2 is 1.11 bits per heavy atom. The zero-order valence-corrected chi connectivity index (χ0v) is 44.3. The van der Waals surface area contributed by atoms with Crippen molar-refractivity contribution in [3.8, 4) is 17.5 Å². The van der Waals surface area contributed by atoms with E-state index in [2.05, 4.69) is 10.3 Å². The van der Waals surface area contributed by atoms with Crippen molar-refractivity contribution in [2.24, 2.45) is 0 Å². The molecule has 410 valence electrons. The van der Waals surface area contributed by atoms with Gasteiger partial charge in [-0.3, -0.25) is 4.79 Å². The molecule has 6 aromatic carbocycles. The van der Waals surface area contributed by atoms with E-state index >= 15 is 0 Å². The molecule has 0 spiro atoms. The molecule has 2 aromatic heterocycles. The summed E-state index contributed by atoms with van der Waals surface area (Å²) in [6.07, 6.45) is -6.25. The van der Waals surface area contributed by atoms with Gasteiger partial charge in [0.05, 0.1) is 34.0 Å². The third-order valence-corrected chi connectivity index (χ3v) is 15.3. The average Bonchev–Trinajstić information content (AvgIpc) is 4.23. The number of rotatable bonds is 19. The summed E-state index contributed by atoms with van der Waals surface area (Å²) < 4.78 is 81.6. The van der Waals surface area contributed by atoms with Crippen molar-refractivity contribution in [3.63, 3.8) is 0 Å². The number of benzene rings is 6. The highest BCUT2D eigenvalue weighted by Crippen LogP contribution is 2.50. The summed E-state index contributed by atoms with van der Waals surface area (Å²) in [6, 6.07) is 54.4. The van der Waals surface area contributed by atoms with E-state index in [1.807, 2.05) is 159 Å². The summed E-state index contributed by atoms with van der Waals surface area (Å²) in [4.78, 5) is 28.4. The number of amides is 1. The molecule has 18 nitrogen and oxygen atoms in total. The van der Waals surface area contributed by atoms with Crippen molar-refractivity contribution < 1.29 is 61.6 Å². The fraction of sp³-hybridized carbons (Fsp3) is 0.323. The first-order chi connectivity index (χ1) is 39.2. The van der Waals surface area contributed by atoms with Crippen LogP contribution in [0.2, 0.25) is 0 Å². The summed E-state index contributed by atoms with van der Waals surface area (Å²) in [5, 5.41) is 2.97. The SMILES string of the molecule is COc1ccc(C(OC[C@H]2O[C@@H](n3c(OC4[C@H]5OC6OC([C@H]5OCc5ccccc5)[C@H](OCc5ccccc5)[C@H]4O6)nc4c(NC(=O)c5ccccc5)ncnc43)[C@@H]3OC(C)(C)O[C@@H]32)(c2ccccc2)c2ccc(OC)cc2)cc1. The number of carbonyl (C=O) groups excluding carboxylic acids is 1. The largest absolute Gasteiger partial charge is 0.497 e. The molecule has 5 saturated heterocycles. The molecule has 14 rings (SSSR count). The van der Waals surface area contributed by atoms with Gasteiger partial charge in [-0.25, -0.2) is 14.5 Å². The number of imidazole rings is 1. The van der Waals surface area contributed by atoms with E-state index in [1.165, 1.54) is 6.33 Å². The van der Waals surface area contributed by atoms with E-state index in [0.29, 0.717) is 17.1 Å². The molecule has 7 heterocycles. The molecule has 3 unspecified atom stereocenters. The van der Waals surface area contributed by atoms with E-state index < -0.39 is 84.9 Å². The molecule has 1 amide bonds. The molecule has 1 aliphatic carbocycles. The Hall–Kier alpha value is -7.62. The van der Waals surface area contributed by atoms with E-state index in [0.717, 1.165) is 27.8 Å². The van der Waals surface area contributed by atoms with E-state index in [9.17, 15) is 4.79 Å². The van der Waals surface area contributed by atoms with Crippen LogP contribution in [-0.2, 0) is 61.4 Å². The molecule has 6 fully saturated rings. The van der Waals surface area contributed by atoms with Gasteiger partial charge in [-0.1, -0.05) is 133 Å². The van der Waals surface area contributed by atoms with Gasteiger partial charge in [-0.15, -0.1) is 0 Å². The molecule has 1 saturated carbocycles. The highest BCUT2D eigenvalue weighted by atomic mass is 16.9. The van der Waals surface area contributed by atoms with Crippen LogP contribution in [0.25, 0.3) is 11.2 Å². The second-order valence-corrected chi connectivity index (χ2v) is 20.6. The van der Waals surface area contributed by atoms with Gasteiger partial charge in [-0.05, 0) is 78.1 Å². The topological polar surface area (TPSA) is 183 Å². The van der Waals surface area contributed by atoms with Crippen LogP contribution in [0.5, 0.6) is 17.5 Å². The van der Waals surface area contributed by atoms with Gasteiger partial charge in [0.2, 0.25) is 0 Å². The van der Waals surface area contributed by atoms with E-state index in [1.54, 1.807) is 43.1 Å². The lowest BCUT2D eigenvalue weighted by atomic mass is 9.80. The number of anilines is 1. The number of aromatic nitrogens is 4. The van der Waals surface area contributed by atoms with Crippen LogP contribution in [0.3, 0.4) is 0 Å². The maximum Gasteiger partial charge on any atom is 0.301 e. The monoisotopic (exact) mass is 1080 g/mol. The minimum atomic E-state index is -1.19. The normalized spacial score (nSPS) is 26.3. The maximum atomic E-state index is 13.9. The first kappa shape index (κ1) is 51.8. The number of hydrogen-bond acceptors (Lipinski definition) is 16. The molecule has 11 atom stereocenters. The molecule has 80 heavy (non-hydrogen) atoms. The van der Waals surface area contributed by atoms with Crippen LogP contribution < -0.4 is 19.5 Å². The van der Waals surface area contributed by atoms with Crippen molar-refractivity contribution in [1.29, 1.82) is 0 Å². The van der Waals surface area contributed by atoms with Crippen molar-refractivity contribution >= 4 is 22.9 Å². The average molecular weight is 1080 g/mol. The van der Waals surface area contributed by atoms with Gasteiger partial charge >= 0.3 is 6.01 Å². The number of nitrogens with zero attached hydrogens (tertiary/aromatic N) is 4. The molecule has 6 aliphatic rings. The molecular weight excluding hydrogens is 1020 g/mol. The van der Waals surface area contributed by atoms with Gasteiger partial charge in [0.15, 0.2) is 35.1 Å². The first-order valence-corrected chi connectivity index (χ1v) is 26.7. The van der Waals surface area contributed by atoms with Crippen LogP contribution in [0, 0.1) is 0 Å². The number of carbonyl (C=O) groups is 1. The lowest BCUT2D eigenvalue weighted by molar-refractivity contribution is -0.485. The molecular formula is C62H59N5O13. The van der Waals surface area contributed by atoms with E-state index in [4.69, 9.17) is 66.8 Å². The molecule has 8 aromatic rings. The Labute approximate surface area is 461 Å². The minimum Gasteiger partial charge on any atom is -0.497 e. The Balaban J connectivity index is 0.902. The van der Waals surface area contributed by atoms with Gasteiger partial charge < -0.3 is 62.2 Å². The summed E-state index contributed by atoms with van der Waals surface area (Å²) in [5.74, 6) is 0.0429. The third kappa shape index (κ3) is 9.75. The highest BCUT2D eigenvalue weighted by Gasteiger charge is 2.65. The lowest BCUT2D eigenvalue weighted by Gasteiger charge is -2.58. The van der Waals surface area contributed by atoms with Crippen LogP contribution >= 0.6 is 0 Å². The summed E-state index contributed by atoms with van der Waals surface area (Å²) in [5.41, 5.74) is 4.19. The Bertz CT molecular complexity index is 3310. The second kappa shape index (κ2) is 21.8. The lowest BCUT2D eigenvalue weighted by Crippen LogP contribution is -2.77. The predicted octanol–water partition coefficient (Wildman–Crippen LogP) is 8.92. The zero-order valence-electron chi connectivity index (χ0n) is 44.3. The van der Waals surface area contributed by atoms with Crippen molar-refractivity contribution in [3.05, 3.63) is 210 Å². The number of ether oxygens (including phenoxy) is 12. The Kier molecular flexibility index (Phi) is 14.1. The van der Waals surface area contributed by atoms with Crippen molar-refractivity contribution in [2.45, 2.75) is 106 Å². The fourth-order valence-corrected chi connectivity index (χ4v) is 11.6. The number of methoxy groups -OCH3 is 2. The fourth-order valence-electron chi connectivity index (χ4n) is 11.6. The summed E-state index contributed by atoms with van der Waals surface area (Å²) in [6.45, 7) is 3.24. The Morgan fingerprint density at radius 1 is 0.600 bits per heavy atom. The first-order valence-electron chi connectivity index (χ1n) is 26.7. The van der Waals surface area contributed by atoms with Crippen LogP contribution in [0.15, 0.2) is 176 Å². The van der Waals surface area contributed by atoms with Gasteiger partial charge in [0.25, 0.3) is 12.4 Å². The van der Waals surface area contributed by atoms with Crippen molar-refractivity contribution in [2.75, 3.05) is 26.1 Å². The maximum absolute atomic E-state index is 13.9. The van der Waals surface area contributed by atoms with Gasteiger partial charge in [-0.2, -0.15) is 4.98 Å². The summed E-state index contributed by atoms with van der Waals surface area (Å²) >= 11 is 0. The van der Waals surface area contributed by atoms with Gasteiger partial charge in [0.1, 0.15) is 72.3 Å². The number of hydrogen-bond donors (Lipinski definition) is 1. The number of nitrogens with one attached hydrogen (secondary N) is 1. The highest BCUT2D eigenvalue weighted by molar-refractivity contribution is 6.06. The van der Waals surface area contributed by atoms with Crippen molar-refractivity contribution in [1.82, 2.24) is 19.5 Å². The summed E-state index contributed by atoms with van der Waals surface area (Å²) in [7, 11) is 3.28. The van der Waals surface area contributed by atoms with Crippen LogP contribution in [0.4, 0.5) is 5.82 Å². The zero-order chi connectivity index (χ0) is 54.4. The standard InChI is InChI=1S/C62H59N5O13/c1-61(2)79-47-45(35-73-62(40-23-15-8-16-24-40,41-25-29-43(69-3)30-26-41)42-27-31-44(70-4)32-28-42)74-58(54(47)80-61)67-56-46(55(63-36-64-56)66-57(68)39-21-13-7-14-22-39)65-59(67)75-53-51-48(71-33-37-17-9-5-10-18-37)50-49(52(53)78-60(76-50)77-51)72-34-38-19-11-6-12-20-38/h5-32,36,45,47-54,58,60H,33-35H2,1-4H3,(H,63,64,66,68)/t45-,47-,48-,49+,50?,51+,52-,53?,54-,58-,60?/m1/s1. The van der Waals surface area contributed by atoms with Crippen LogP contribution in [0.1, 0.15) is 58.3 Å². The molecule has 5 aliphatic heterocycles. The van der Waals surface area contributed by atoms with Gasteiger partial charge in [0, 0.05) is 5.56 Å². The van der Waals surface area contributed by atoms with Crippen LogP contribution in [-0.4, -0.2) is 113 Å². The van der Waals surface area contributed by atoms with E-state index in [-0.39, 0.29) is 42.8 Å². The minimum absolute atomic E-state index is 0.00164. The molecule has 18 heteroatoms.